The van der Waals surface area contributed by atoms with E-state index in [1.807, 2.05) is 6.92 Å². The summed E-state index contributed by atoms with van der Waals surface area (Å²) in [5.41, 5.74) is 0. The van der Waals surface area contributed by atoms with Crippen LogP contribution < -0.4 is 10.6 Å². The maximum Gasteiger partial charge on any atom is 0.229 e. The Balaban J connectivity index is 2.56. The second-order valence-corrected chi connectivity index (χ2v) is 2.83. The second kappa shape index (κ2) is 5.16. The van der Waals surface area contributed by atoms with Crippen LogP contribution in [-0.2, 0) is 0 Å². The fraction of sp³-hybridized carbons (Fsp3) is 0.500. The zero-order valence-electron chi connectivity index (χ0n) is 7.01. The third-order valence-electron chi connectivity index (χ3n) is 1.20. The van der Waals surface area contributed by atoms with Gasteiger partial charge in [0, 0.05) is 0 Å². The van der Waals surface area contributed by atoms with Gasteiger partial charge in [0.25, 0.3) is 0 Å². The SMILES string of the molecule is CCNCNc1nc(Cl)nc(Cl)n1. The van der Waals surface area contributed by atoms with E-state index in [0.29, 0.717) is 12.6 Å². The van der Waals surface area contributed by atoms with Crippen LogP contribution in [0.15, 0.2) is 0 Å². The highest BCUT2D eigenvalue weighted by Gasteiger charge is 2.00. The Morgan fingerprint density at radius 1 is 1.15 bits per heavy atom. The number of rotatable bonds is 4. The molecule has 0 spiro atoms. The summed E-state index contributed by atoms with van der Waals surface area (Å²) < 4.78 is 0. The zero-order chi connectivity index (χ0) is 9.68. The molecule has 13 heavy (non-hydrogen) atoms. The molecule has 1 heterocycles. The van der Waals surface area contributed by atoms with Crippen LogP contribution in [0.4, 0.5) is 5.95 Å². The predicted octanol–water partition coefficient (Wildman–Crippen LogP) is 1.16. The van der Waals surface area contributed by atoms with Crippen molar-refractivity contribution < 1.29 is 0 Å². The summed E-state index contributed by atoms with van der Waals surface area (Å²) in [7, 11) is 0. The number of hydrogen-bond acceptors (Lipinski definition) is 5. The Labute approximate surface area is 85.9 Å². The molecule has 0 aromatic carbocycles. The van der Waals surface area contributed by atoms with E-state index in [9.17, 15) is 0 Å². The van der Waals surface area contributed by atoms with Crippen molar-refractivity contribution in [2.24, 2.45) is 0 Å². The fourth-order valence-electron chi connectivity index (χ4n) is 0.672. The molecule has 1 aromatic rings. The maximum absolute atomic E-state index is 5.56. The van der Waals surface area contributed by atoms with Crippen molar-refractivity contribution in [3.8, 4) is 0 Å². The standard InChI is InChI=1S/C6H9Cl2N5/c1-2-9-3-10-6-12-4(7)11-5(8)13-6/h9H,2-3H2,1H3,(H,10,11,12,13). The van der Waals surface area contributed by atoms with Crippen molar-refractivity contribution in [1.29, 1.82) is 0 Å². The van der Waals surface area contributed by atoms with E-state index in [2.05, 4.69) is 25.6 Å². The highest BCUT2D eigenvalue weighted by molar-refractivity contribution is 6.31. The molecule has 0 radical (unpaired) electrons. The number of aromatic nitrogens is 3. The first-order valence-electron chi connectivity index (χ1n) is 3.74. The average Bonchev–Trinajstić information content (AvgIpc) is 2.03. The fourth-order valence-corrected chi connectivity index (χ4v) is 1.03. The van der Waals surface area contributed by atoms with Gasteiger partial charge in [-0.25, -0.2) is 0 Å². The van der Waals surface area contributed by atoms with Crippen LogP contribution in [0.3, 0.4) is 0 Å². The van der Waals surface area contributed by atoms with Gasteiger partial charge in [0.1, 0.15) is 0 Å². The Hall–Kier alpha value is -0.650. The molecule has 0 atom stereocenters. The van der Waals surface area contributed by atoms with Gasteiger partial charge in [-0.2, -0.15) is 15.0 Å². The Morgan fingerprint density at radius 2 is 1.77 bits per heavy atom. The van der Waals surface area contributed by atoms with E-state index < -0.39 is 0 Å². The van der Waals surface area contributed by atoms with E-state index in [0.717, 1.165) is 6.54 Å². The van der Waals surface area contributed by atoms with Gasteiger partial charge in [0.15, 0.2) is 0 Å². The minimum atomic E-state index is 0.0824. The molecule has 1 aromatic heterocycles. The lowest BCUT2D eigenvalue weighted by molar-refractivity contribution is 0.763. The van der Waals surface area contributed by atoms with Crippen molar-refractivity contribution in [2.45, 2.75) is 6.92 Å². The first-order valence-corrected chi connectivity index (χ1v) is 4.49. The molecule has 0 fully saturated rings. The molecule has 7 heteroatoms. The highest BCUT2D eigenvalue weighted by atomic mass is 35.5. The zero-order valence-corrected chi connectivity index (χ0v) is 8.52. The monoisotopic (exact) mass is 221 g/mol. The molecule has 0 aliphatic heterocycles. The molecule has 0 saturated carbocycles. The average molecular weight is 222 g/mol. The summed E-state index contributed by atoms with van der Waals surface area (Å²) in [6.07, 6.45) is 0. The molecule has 0 unspecified atom stereocenters. The molecule has 0 aliphatic rings. The van der Waals surface area contributed by atoms with Crippen LogP contribution in [0, 0.1) is 0 Å². The van der Waals surface area contributed by atoms with E-state index in [1.165, 1.54) is 0 Å². The van der Waals surface area contributed by atoms with Crippen LogP contribution in [0.25, 0.3) is 0 Å². The molecule has 0 amide bonds. The predicted molar refractivity (Wildman–Crippen MR) is 52.0 cm³/mol. The first kappa shape index (κ1) is 10.4. The molecule has 2 N–H and O–H groups in total. The lowest BCUT2D eigenvalue weighted by Crippen LogP contribution is -2.22. The lowest BCUT2D eigenvalue weighted by Gasteiger charge is -2.04. The van der Waals surface area contributed by atoms with E-state index in [1.54, 1.807) is 0 Å². The third kappa shape index (κ3) is 3.71. The van der Waals surface area contributed by atoms with Crippen molar-refractivity contribution in [2.75, 3.05) is 18.5 Å². The molecule has 0 saturated heterocycles. The Bertz CT molecular complexity index is 259. The van der Waals surface area contributed by atoms with E-state index in [4.69, 9.17) is 23.2 Å². The van der Waals surface area contributed by atoms with Gasteiger partial charge in [-0.3, -0.25) is 0 Å². The largest absolute Gasteiger partial charge is 0.341 e. The maximum atomic E-state index is 5.56. The summed E-state index contributed by atoms with van der Waals surface area (Å²) in [4.78, 5) is 11.2. The molecule has 5 nitrogen and oxygen atoms in total. The lowest BCUT2D eigenvalue weighted by atomic mass is 10.7. The smallest absolute Gasteiger partial charge is 0.229 e. The van der Waals surface area contributed by atoms with Crippen molar-refractivity contribution in [1.82, 2.24) is 20.3 Å². The second-order valence-electron chi connectivity index (χ2n) is 2.15. The number of halogens is 2. The molecule has 0 aliphatic carbocycles. The molecular formula is C6H9Cl2N5. The Kier molecular flexibility index (Phi) is 4.14. The summed E-state index contributed by atoms with van der Waals surface area (Å²) in [5, 5.41) is 6.09. The first-order chi connectivity index (χ1) is 6.22. The van der Waals surface area contributed by atoms with E-state index >= 15 is 0 Å². The third-order valence-corrected chi connectivity index (χ3v) is 1.54. The quantitative estimate of drug-likeness (QED) is 0.591. The highest BCUT2D eigenvalue weighted by Crippen LogP contribution is 2.08. The minimum absolute atomic E-state index is 0.0824. The van der Waals surface area contributed by atoms with Crippen molar-refractivity contribution in [3.05, 3.63) is 10.6 Å². The van der Waals surface area contributed by atoms with E-state index in [-0.39, 0.29) is 10.6 Å². The van der Waals surface area contributed by atoms with Crippen LogP contribution >= 0.6 is 23.2 Å². The Morgan fingerprint density at radius 3 is 2.31 bits per heavy atom. The van der Waals surface area contributed by atoms with Crippen molar-refractivity contribution >= 4 is 29.2 Å². The number of anilines is 1. The summed E-state index contributed by atoms with van der Waals surface area (Å²) >= 11 is 11.1. The van der Waals surface area contributed by atoms with Gasteiger partial charge in [0.2, 0.25) is 16.5 Å². The molecular weight excluding hydrogens is 213 g/mol. The molecule has 0 bridgehead atoms. The van der Waals surface area contributed by atoms with Crippen LogP contribution in [0.5, 0.6) is 0 Å². The van der Waals surface area contributed by atoms with Gasteiger partial charge in [-0.1, -0.05) is 6.92 Å². The topological polar surface area (TPSA) is 62.7 Å². The summed E-state index contributed by atoms with van der Waals surface area (Å²) in [6.45, 7) is 3.42. The summed E-state index contributed by atoms with van der Waals surface area (Å²) in [5.74, 6) is 0.367. The van der Waals surface area contributed by atoms with Gasteiger partial charge >= 0.3 is 0 Å². The molecule has 72 valence electrons. The number of hydrogen-bond donors (Lipinski definition) is 2. The molecule has 1 rings (SSSR count). The normalized spacial score (nSPS) is 10.1. The van der Waals surface area contributed by atoms with Gasteiger partial charge in [0.05, 0.1) is 6.67 Å². The van der Waals surface area contributed by atoms with Gasteiger partial charge < -0.3 is 10.6 Å². The van der Waals surface area contributed by atoms with Gasteiger partial charge in [-0.05, 0) is 29.7 Å². The minimum Gasteiger partial charge on any atom is -0.341 e. The van der Waals surface area contributed by atoms with Gasteiger partial charge in [-0.15, -0.1) is 0 Å². The van der Waals surface area contributed by atoms with Crippen LogP contribution in [0.2, 0.25) is 10.6 Å². The number of nitrogens with one attached hydrogen (secondary N) is 2. The summed E-state index contributed by atoms with van der Waals surface area (Å²) in [6, 6.07) is 0. The van der Waals surface area contributed by atoms with Crippen LogP contribution in [-0.4, -0.2) is 28.2 Å². The van der Waals surface area contributed by atoms with Crippen molar-refractivity contribution in [3.63, 3.8) is 0 Å². The number of nitrogens with zero attached hydrogens (tertiary/aromatic N) is 3. The van der Waals surface area contributed by atoms with Crippen LogP contribution in [0.1, 0.15) is 6.92 Å².